The smallest absolute Gasteiger partial charge is 0.315 e. The highest BCUT2D eigenvalue weighted by atomic mass is 16.5. The Balaban J connectivity index is 2.25. The van der Waals surface area contributed by atoms with Crippen molar-refractivity contribution in [1.29, 1.82) is 0 Å². The molecule has 0 spiro atoms. The Morgan fingerprint density at radius 1 is 1.53 bits per heavy atom. The minimum atomic E-state index is -0.980. The lowest BCUT2D eigenvalue weighted by Gasteiger charge is -2.14. The van der Waals surface area contributed by atoms with Gasteiger partial charge in [0.15, 0.2) is 5.76 Å². The van der Waals surface area contributed by atoms with Crippen molar-refractivity contribution in [3.8, 4) is 0 Å². The van der Waals surface area contributed by atoms with Gasteiger partial charge in [0.2, 0.25) is 0 Å². The molecular weight excluding hydrogens is 254 g/mol. The Bertz CT molecular complexity index is 432. The third kappa shape index (κ3) is 5.87. The van der Waals surface area contributed by atoms with Crippen LogP contribution in [-0.2, 0) is 16.1 Å². The van der Waals surface area contributed by atoms with Crippen LogP contribution in [0.2, 0.25) is 0 Å². The molecule has 106 valence electrons. The Hall–Kier alpha value is -2.09. The molecule has 1 atom stereocenters. The summed E-state index contributed by atoms with van der Waals surface area (Å²) in [5, 5.41) is 17.4. The minimum Gasteiger partial charge on any atom is -0.481 e. The first-order valence-corrected chi connectivity index (χ1v) is 5.69. The number of nitrogens with one attached hydrogen (secondary N) is 2. The van der Waals surface area contributed by atoms with Gasteiger partial charge >= 0.3 is 12.0 Å². The summed E-state index contributed by atoms with van der Waals surface area (Å²) in [7, 11) is 1.39. The van der Waals surface area contributed by atoms with E-state index in [2.05, 4.69) is 15.8 Å². The first-order valence-electron chi connectivity index (χ1n) is 5.69. The molecule has 0 aromatic carbocycles. The summed E-state index contributed by atoms with van der Waals surface area (Å²) in [5.74, 6) is -0.437. The summed E-state index contributed by atoms with van der Waals surface area (Å²) in [6.07, 6.45) is -0.728. The van der Waals surface area contributed by atoms with Crippen molar-refractivity contribution in [2.45, 2.75) is 26.0 Å². The zero-order valence-electron chi connectivity index (χ0n) is 10.8. The molecule has 0 aliphatic heterocycles. The van der Waals surface area contributed by atoms with E-state index in [9.17, 15) is 9.59 Å². The third-order valence-electron chi connectivity index (χ3n) is 2.33. The number of hydrogen-bond donors (Lipinski definition) is 3. The second kappa shape index (κ2) is 7.37. The fraction of sp³-hybridized carbons (Fsp3) is 0.545. The van der Waals surface area contributed by atoms with Crippen molar-refractivity contribution in [2.24, 2.45) is 0 Å². The molecule has 1 unspecified atom stereocenters. The number of aliphatic carboxylic acids is 1. The van der Waals surface area contributed by atoms with Crippen LogP contribution in [0.4, 0.5) is 4.79 Å². The number of carboxylic acids is 1. The molecular formula is C11H17N3O5. The van der Waals surface area contributed by atoms with Crippen LogP contribution in [-0.4, -0.2) is 42.0 Å². The van der Waals surface area contributed by atoms with Crippen molar-refractivity contribution in [3.63, 3.8) is 0 Å². The molecule has 0 bridgehead atoms. The number of urea groups is 1. The Morgan fingerprint density at radius 2 is 2.26 bits per heavy atom. The number of carbonyl (C=O) groups excluding carboxylic acids is 1. The van der Waals surface area contributed by atoms with Crippen molar-refractivity contribution < 1.29 is 24.0 Å². The fourth-order valence-corrected chi connectivity index (χ4v) is 1.37. The van der Waals surface area contributed by atoms with E-state index in [1.54, 1.807) is 13.0 Å². The number of carbonyl (C=O) groups is 2. The summed E-state index contributed by atoms with van der Waals surface area (Å²) in [6.45, 7) is 2.11. The Kier molecular flexibility index (Phi) is 5.80. The van der Waals surface area contributed by atoms with Crippen LogP contribution in [0, 0.1) is 6.92 Å². The quantitative estimate of drug-likeness (QED) is 0.656. The predicted molar refractivity (Wildman–Crippen MR) is 64.5 cm³/mol. The highest BCUT2D eigenvalue weighted by molar-refractivity contribution is 5.74. The third-order valence-corrected chi connectivity index (χ3v) is 2.33. The largest absolute Gasteiger partial charge is 0.481 e. The van der Waals surface area contributed by atoms with Crippen LogP contribution in [0.25, 0.3) is 0 Å². The summed E-state index contributed by atoms with van der Waals surface area (Å²) in [4.78, 5) is 21.9. The lowest BCUT2D eigenvalue weighted by atomic mass is 10.2. The van der Waals surface area contributed by atoms with Gasteiger partial charge < -0.3 is 25.0 Å². The molecule has 1 rings (SSSR count). The molecule has 2 amide bonds. The van der Waals surface area contributed by atoms with E-state index in [0.717, 1.165) is 5.69 Å². The standard InChI is InChI=1S/C11H17N3O5/c1-7-3-9(19-14-7)6-13-11(17)12-5-8(18-2)4-10(15)16/h3,8H,4-6H2,1-2H3,(H,15,16)(H2,12,13,17). The predicted octanol–water partition coefficient (Wildman–Crippen LogP) is 0.272. The van der Waals surface area contributed by atoms with Crippen molar-refractivity contribution in [3.05, 3.63) is 17.5 Å². The number of hydrogen-bond acceptors (Lipinski definition) is 5. The van der Waals surface area contributed by atoms with Crippen molar-refractivity contribution >= 4 is 12.0 Å². The number of methoxy groups -OCH3 is 1. The van der Waals surface area contributed by atoms with Gasteiger partial charge in [0.25, 0.3) is 0 Å². The molecule has 0 fully saturated rings. The van der Waals surface area contributed by atoms with Crippen LogP contribution in [0.5, 0.6) is 0 Å². The van der Waals surface area contributed by atoms with Gasteiger partial charge in [-0.1, -0.05) is 5.16 Å². The minimum absolute atomic E-state index is 0.115. The molecule has 1 aromatic heterocycles. The number of aryl methyl sites for hydroxylation is 1. The fourth-order valence-electron chi connectivity index (χ4n) is 1.37. The van der Waals surface area contributed by atoms with E-state index in [4.69, 9.17) is 14.4 Å². The Labute approximate surface area is 110 Å². The number of nitrogens with zero attached hydrogens (tertiary/aromatic N) is 1. The number of aromatic nitrogens is 1. The molecule has 0 aliphatic rings. The molecule has 0 radical (unpaired) electrons. The zero-order valence-corrected chi connectivity index (χ0v) is 10.8. The molecule has 0 saturated heterocycles. The molecule has 1 heterocycles. The molecule has 0 aliphatic carbocycles. The van der Waals surface area contributed by atoms with Gasteiger partial charge in [0.05, 0.1) is 24.8 Å². The van der Waals surface area contributed by atoms with Gasteiger partial charge in [0.1, 0.15) is 0 Å². The SMILES string of the molecule is COC(CNC(=O)NCc1cc(C)no1)CC(=O)O. The topological polar surface area (TPSA) is 114 Å². The van der Waals surface area contributed by atoms with Gasteiger partial charge in [-0.2, -0.15) is 0 Å². The lowest BCUT2D eigenvalue weighted by Crippen LogP contribution is -2.40. The lowest BCUT2D eigenvalue weighted by molar-refractivity contribution is -0.139. The second-order valence-electron chi connectivity index (χ2n) is 3.95. The van der Waals surface area contributed by atoms with Crippen molar-refractivity contribution in [2.75, 3.05) is 13.7 Å². The van der Waals surface area contributed by atoms with E-state index < -0.39 is 18.1 Å². The Morgan fingerprint density at radius 3 is 2.79 bits per heavy atom. The van der Waals surface area contributed by atoms with E-state index in [-0.39, 0.29) is 19.5 Å². The van der Waals surface area contributed by atoms with Gasteiger partial charge in [-0.3, -0.25) is 4.79 Å². The van der Waals surface area contributed by atoms with E-state index >= 15 is 0 Å². The zero-order chi connectivity index (χ0) is 14.3. The maximum Gasteiger partial charge on any atom is 0.315 e. The second-order valence-corrected chi connectivity index (χ2v) is 3.95. The summed E-state index contributed by atoms with van der Waals surface area (Å²) in [5.41, 5.74) is 0.734. The van der Waals surface area contributed by atoms with E-state index in [1.165, 1.54) is 7.11 Å². The average Bonchev–Trinajstić information content (AvgIpc) is 2.77. The summed E-state index contributed by atoms with van der Waals surface area (Å²) >= 11 is 0. The summed E-state index contributed by atoms with van der Waals surface area (Å²) in [6, 6.07) is 1.28. The van der Waals surface area contributed by atoms with E-state index in [1.807, 2.05) is 0 Å². The normalized spacial score (nSPS) is 11.9. The number of amides is 2. The van der Waals surface area contributed by atoms with Crippen LogP contribution < -0.4 is 10.6 Å². The monoisotopic (exact) mass is 271 g/mol. The molecule has 3 N–H and O–H groups in total. The highest BCUT2D eigenvalue weighted by Gasteiger charge is 2.13. The molecule has 8 heteroatoms. The molecule has 0 saturated carbocycles. The maximum atomic E-state index is 11.4. The first-order chi connectivity index (χ1) is 9.01. The maximum absolute atomic E-state index is 11.4. The average molecular weight is 271 g/mol. The van der Waals surface area contributed by atoms with Crippen LogP contribution in [0.15, 0.2) is 10.6 Å². The highest BCUT2D eigenvalue weighted by Crippen LogP contribution is 2.01. The van der Waals surface area contributed by atoms with Crippen LogP contribution in [0.1, 0.15) is 17.9 Å². The number of carboxylic acid groups (broad SMARTS) is 1. The molecule has 19 heavy (non-hydrogen) atoms. The first kappa shape index (κ1) is 15.0. The van der Waals surface area contributed by atoms with E-state index in [0.29, 0.717) is 5.76 Å². The van der Waals surface area contributed by atoms with Gasteiger partial charge in [-0.05, 0) is 6.92 Å². The van der Waals surface area contributed by atoms with Crippen LogP contribution in [0.3, 0.4) is 0 Å². The van der Waals surface area contributed by atoms with Crippen LogP contribution >= 0.6 is 0 Å². The summed E-state index contributed by atoms with van der Waals surface area (Å²) < 4.78 is 9.84. The number of ether oxygens (including phenoxy) is 1. The van der Waals surface area contributed by atoms with Gasteiger partial charge in [0, 0.05) is 19.7 Å². The molecule has 8 nitrogen and oxygen atoms in total. The number of rotatable bonds is 7. The molecule has 1 aromatic rings. The van der Waals surface area contributed by atoms with Gasteiger partial charge in [-0.25, -0.2) is 4.79 Å². The van der Waals surface area contributed by atoms with Crippen molar-refractivity contribution in [1.82, 2.24) is 15.8 Å². The van der Waals surface area contributed by atoms with Gasteiger partial charge in [-0.15, -0.1) is 0 Å².